The van der Waals surface area contributed by atoms with Gasteiger partial charge >= 0.3 is 6.03 Å². The molecule has 1 aliphatic rings. The predicted octanol–water partition coefficient (Wildman–Crippen LogP) is 3.67. The Balaban J connectivity index is 1.78. The van der Waals surface area contributed by atoms with Crippen LogP contribution in [0, 0.1) is 5.82 Å². The minimum absolute atomic E-state index is 0.0341. The third-order valence-electron chi connectivity index (χ3n) is 5.77. The van der Waals surface area contributed by atoms with Crippen molar-refractivity contribution in [1.29, 1.82) is 0 Å². The third-order valence-corrected chi connectivity index (χ3v) is 6.93. The molecule has 1 aromatic heterocycles. The number of aromatic nitrogens is 2. The van der Waals surface area contributed by atoms with Crippen molar-refractivity contribution in [2.45, 2.75) is 17.9 Å². The number of amides is 2. The second-order valence-corrected chi connectivity index (χ2v) is 10.6. The largest absolute Gasteiger partial charge is 0.377 e. The van der Waals surface area contributed by atoms with E-state index in [-0.39, 0.29) is 28.7 Å². The zero-order valence-electron chi connectivity index (χ0n) is 20.4. The van der Waals surface area contributed by atoms with Gasteiger partial charge in [-0.15, -0.1) is 0 Å². The number of urea groups is 1. The summed E-state index contributed by atoms with van der Waals surface area (Å²) < 4.78 is 57.0. The van der Waals surface area contributed by atoms with E-state index >= 15 is 0 Å². The maximum atomic E-state index is 14.3. The van der Waals surface area contributed by atoms with Gasteiger partial charge in [0.2, 0.25) is 5.95 Å². The van der Waals surface area contributed by atoms with Crippen LogP contribution >= 0.6 is 0 Å². The minimum atomic E-state index is -3.68. The fraction of sp³-hybridized carbons (Fsp3) is 0.320. The molecule has 3 aromatic rings. The van der Waals surface area contributed by atoms with Crippen molar-refractivity contribution in [3.8, 4) is 22.5 Å². The summed E-state index contributed by atoms with van der Waals surface area (Å²) in [5, 5.41) is 4.99. The molecule has 1 aliphatic heterocycles. The van der Waals surface area contributed by atoms with Gasteiger partial charge in [0.15, 0.2) is 9.84 Å². The third kappa shape index (κ3) is 6.38. The van der Waals surface area contributed by atoms with Gasteiger partial charge in [-0.1, -0.05) is 12.1 Å². The first-order valence-electron chi connectivity index (χ1n) is 11.6. The van der Waals surface area contributed by atoms with Crippen LogP contribution in [0.5, 0.6) is 0 Å². The van der Waals surface area contributed by atoms with Crippen LogP contribution in [-0.4, -0.2) is 69.7 Å². The smallest absolute Gasteiger partial charge is 0.319 e. The highest BCUT2D eigenvalue weighted by Gasteiger charge is 2.24. The first kappa shape index (κ1) is 26.4. The summed E-state index contributed by atoms with van der Waals surface area (Å²) in [5.41, 5.74) is 2.03. The van der Waals surface area contributed by atoms with Crippen LogP contribution in [0.3, 0.4) is 0 Å². The molecule has 0 aliphatic carbocycles. The Morgan fingerprint density at radius 1 is 1.14 bits per heavy atom. The van der Waals surface area contributed by atoms with E-state index in [0.717, 1.165) is 18.4 Å². The van der Waals surface area contributed by atoms with Gasteiger partial charge < -0.3 is 20.3 Å². The van der Waals surface area contributed by atoms with E-state index in [9.17, 15) is 22.0 Å². The summed E-state index contributed by atoms with van der Waals surface area (Å²) in [6.45, 7) is 2.69. The lowest BCUT2D eigenvalue weighted by Crippen LogP contribution is -2.44. The van der Waals surface area contributed by atoms with Gasteiger partial charge in [-0.05, 0) is 43.3 Å². The Morgan fingerprint density at radius 3 is 2.54 bits per heavy atom. The minimum Gasteiger partial charge on any atom is -0.377 e. The average Bonchev–Trinajstić information content (AvgIpc) is 2.87. The zero-order chi connectivity index (χ0) is 26.6. The first-order valence-corrected chi connectivity index (χ1v) is 13.5. The Bertz CT molecular complexity index is 1390. The van der Waals surface area contributed by atoms with Crippen LogP contribution in [0.4, 0.5) is 25.2 Å². The summed E-state index contributed by atoms with van der Waals surface area (Å²) in [5.74, 6) is -0.231. The SMILES string of the molecule is CC1COCCN1c1nc(-c2ccc(NC(=O)NCCF)cc2)cc(-c2cc(F)ccc2S(C)(=O)=O)n1. The number of hydrogen-bond acceptors (Lipinski definition) is 7. The van der Waals surface area contributed by atoms with Crippen LogP contribution < -0.4 is 15.5 Å². The van der Waals surface area contributed by atoms with Gasteiger partial charge in [0, 0.05) is 36.2 Å². The standard InChI is InChI=1S/C25H27F2N5O4S/c1-16-15-36-12-11-32(16)24-30-21(17-3-6-19(7-4-17)29-25(33)28-10-9-26)14-22(31-24)20-13-18(27)5-8-23(20)37(2,34)35/h3-8,13-14,16H,9-12,15H2,1-2H3,(H2,28,29,33). The molecule has 1 saturated heterocycles. The van der Waals surface area contributed by atoms with E-state index < -0.39 is 28.4 Å². The molecule has 9 nitrogen and oxygen atoms in total. The second-order valence-electron chi connectivity index (χ2n) is 8.62. The van der Waals surface area contributed by atoms with Crippen molar-refractivity contribution in [3.05, 3.63) is 54.3 Å². The lowest BCUT2D eigenvalue weighted by molar-refractivity contribution is 0.0981. The summed E-state index contributed by atoms with van der Waals surface area (Å²) in [6.07, 6.45) is 1.06. The number of hydrogen-bond donors (Lipinski definition) is 2. The Labute approximate surface area is 213 Å². The molecule has 1 unspecified atom stereocenters. The summed E-state index contributed by atoms with van der Waals surface area (Å²) in [7, 11) is -3.68. The Hall–Kier alpha value is -3.64. The van der Waals surface area contributed by atoms with Crippen molar-refractivity contribution in [2.75, 3.05) is 49.5 Å². The fourth-order valence-electron chi connectivity index (χ4n) is 3.96. The lowest BCUT2D eigenvalue weighted by atomic mass is 10.1. The summed E-state index contributed by atoms with van der Waals surface area (Å²) in [6, 6.07) is 11.3. The Morgan fingerprint density at radius 2 is 1.86 bits per heavy atom. The van der Waals surface area contributed by atoms with E-state index in [0.29, 0.717) is 42.7 Å². The topological polar surface area (TPSA) is 114 Å². The average molecular weight is 532 g/mol. The molecule has 196 valence electrons. The van der Waals surface area contributed by atoms with Crippen LogP contribution in [0.2, 0.25) is 0 Å². The fourth-order valence-corrected chi connectivity index (χ4v) is 4.84. The van der Waals surface area contributed by atoms with Crippen molar-refractivity contribution >= 4 is 27.5 Å². The maximum absolute atomic E-state index is 14.3. The van der Waals surface area contributed by atoms with Gasteiger partial charge in [0.1, 0.15) is 12.5 Å². The van der Waals surface area contributed by atoms with Crippen molar-refractivity contribution in [1.82, 2.24) is 15.3 Å². The van der Waals surface area contributed by atoms with Crippen molar-refractivity contribution in [3.63, 3.8) is 0 Å². The number of nitrogens with zero attached hydrogens (tertiary/aromatic N) is 3. The molecule has 1 fully saturated rings. The molecule has 0 radical (unpaired) electrons. The second kappa shape index (κ2) is 11.2. The number of sulfone groups is 1. The number of nitrogens with one attached hydrogen (secondary N) is 2. The number of benzene rings is 2. The number of rotatable bonds is 7. The molecule has 4 rings (SSSR count). The van der Waals surface area contributed by atoms with Gasteiger partial charge in [0.25, 0.3) is 0 Å². The van der Waals surface area contributed by atoms with Crippen LogP contribution in [0.25, 0.3) is 22.5 Å². The van der Waals surface area contributed by atoms with Crippen LogP contribution in [0.1, 0.15) is 6.92 Å². The Kier molecular flexibility index (Phi) is 7.98. The number of anilines is 2. The van der Waals surface area contributed by atoms with E-state index in [1.54, 1.807) is 30.3 Å². The molecule has 2 N–H and O–H groups in total. The zero-order valence-corrected chi connectivity index (χ0v) is 21.2. The van der Waals surface area contributed by atoms with E-state index in [2.05, 4.69) is 15.6 Å². The van der Waals surface area contributed by atoms with Gasteiger partial charge in [-0.2, -0.15) is 0 Å². The van der Waals surface area contributed by atoms with Gasteiger partial charge in [0.05, 0.1) is 35.5 Å². The number of alkyl halides is 1. The molecular formula is C25H27F2N5O4S. The molecule has 2 aromatic carbocycles. The number of carbonyl (C=O) groups excluding carboxylic acids is 1. The quantitative estimate of drug-likeness (QED) is 0.447. The number of morpholine rings is 1. The van der Waals surface area contributed by atoms with Gasteiger partial charge in [-0.3, -0.25) is 0 Å². The first-order chi connectivity index (χ1) is 17.7. The highest BCUT2D eigenvalue weighted by atomic mass is 32.2. The molecule has 1 atom stereocenters. The van der Waals surface area contributed by atoms with E-state index in [1.165, 1.54) is 6.07 Å². The molecule has 37 heavy (non-hydrogen) atoms. The van der Waals surface area contributed by atoms with Crippen LogP contribution in [0.15, 0.2) is 53.4 Å². The molecule has 0 saturated carbocycles. The monoisotopic (exact) mass is 531 g/mol. The van der Waals surface area contributed by atoms with Crippen LogP contribution in [-0.2, 0) is 14.6 Å². The molecule has 12 heteroatoms. The molecule has 2 amide bonds. The maximum Gasteiger partial charge on any atom is 0.319 e. The molecular weight excluding hydrogens is 504 g/mol. The van der Waals surface area contributed by atoms with Crippen molar-refractivity contribution < 1.29 is 26.7 Å². The molecule has 0 bridgehead atoms. The summed E-state index contributed by atoms with van der Waals surface area (Å²) >= 11 is 0. The highest BCUT2D eigenvalue weighted by molar-refractivity contribution is 7.90. The molecule has 0 spiro atoms. The molecule has 2 heterocycles. The van der Waals surface area contributed by atoms with E-state index in [4.69, 9.17) is 9.72 Å². The lowest BCUT2D eigenvalue weighted by Gasteiger charge is -2.33. The van der Waals surface area contributed by atoms with E-state index in [1.807, 2.05) is 11.8 Å². The van der Waals surface area contributed by atoms with Crippen molar-refractivity contribution in [2.24, 2.45) is 0 Å². The normalized spacial score (nSPS) is 15.9. The number of ether oxygens (including phenoxy) is 1. The predicted molar refractivity (Wildman–Crippen MR) is 137 cm³/mol. The number of halogens is 2. The number of carbonyl (C=O) groups is 1. The highest BCUT2D eigenvalue weighted by Crippen LogP contribution is 2.32. The summed E-state index contributed by atoms with van der Waals surface area (Å²) in [4.78, 5) is 23.1. The van der Waals surface area contributed by atoms with Gasteiger partial charge in [-0.25, -0.2) is 32.0 Å².